The van der Waals surface area contributed by atoms with E-state index in [9.17, 15) is 4.79 Å². The molecule has 0 aliphatic heterocycles. The molecule has 0 saturated carbocycles. The normalized spacial score (nSPS) is 10.8. The van der Waals surface area contributed by atoms with Crippen LogP contribution >= 0.6 is 0 Å². The first-order valence-electron chi connectivity index (χ1n) is 9.91. The molecule has 0 fully saturated rings. The van der Waals surface area contributed by atoms with Crippen LogP contribution in [0, 0.1) is 0 Å². The Morgan fingerprint density at radius 3 is 2.55 bits per heavy atom. The van der Waals surface area contributed by atoms with Crippen molar-refractivity contribution in [3.63, 3.8) is 0 Å². The molecule has 160 valence electrons. The molecule has 2 aromatic heterocycles. The van der Waals surface area contributed by atoms with Crippen molar-refractivity contribution >= 4 is 22.6 Å². The van der Waals surface area contributed by atoms with E-state index in [1.54, 1.807) is 44.6 Å². The summed E-state index contributed by atoms with van der Waals surface area (Å²) >= 11 is 0. The molecule has 0 aliphatic rings. The summed E-state index contributed by atoms with van der Waals surface area (Å²) in [5.74, 6) is 2.25. The molecule has 31 heavy (non-hydrogen) atoms. The van der Waals surface area contributed by atoms with Crippen molar-refractivity contribution < 1.29 is 19.0 Å². The minimum absolute atomic E-state index is 0.124. The van der Waals surface area contributed by atoms with Gasteiger partial charge in [-0.25, -0.2) is 0 Å². The Morgan fingerprint density at radius 1 is 1.06 bits per heavy atom. The zero-order valence-corrected chi connectivity index (χ0v) is 17.6. The van der Waals surface area contributed by atoms with Crippen LogP contribution in [0.5, 0.6) is 17.2 Å². The van der Waals surface area contributed by atoms with Gasteiger partial charge in [0, 0.05) is 18.0 Å². The Labute approximate surface area is 179 Å². The average Bonchev–Trinajstić information content (AvgIpc) is 3.41. The van der Waals surface area contributed by atoms with Gasteiger partial charge in [-0.3, -0.25) is 9.89 Å². The van der Waals surface area contributed by atoms with Gasteiger partial charge in [0.1, 0.15) is 17.2 Å². The number of nitrogens with one attached hydrogen (secondary N) is 2. The van der Waals surface area contributed by atoms with Gasteiger partial charge in [0.25, 0.3) is 5.91 Å². The third-order valence-electron chi connectivity index (χ3n) is 4.99. The van der Waals surface area contributed by atoms with E-state index < -0.39 is 0 Å². The van der Waals surface area contributed by atoms with E-state index in [2.05, 4.69) is 39.1 Å². The number of aromatic nitrogens is 3. The van der Waals surface area contributed by atoms with Crippen LogP contribution in [0.1, 0.15) is 6.92 Å². The molecule has 2 aromatic carbocycles. The highest BCUT2D eigenvalue weighted by Gasteiger charge is 2.15. The Bertz CT molecular complexity index is 1190. The number of methoxy groups -OCH3 is 2. The maximum atomic E-state index is 12.3. The minimum Gasteiger partial charge on any atom is -0.497 e. The van der Waals surface area contributed by atoms with Crippen LogP contribution in [-0.2, 0) is 11.3 Å². The van der Waals surface area contributed by atoms with E-state index >= 15 is 0 Å². The zero-order chi connectivity index (χ0) is 21.8. The largest absolute Gasteiger partial charge is 0.497 e. The topological polar surface area (TPSA) is 90.4 Å². The molecular weight excluding hydrogens is 396 g/mol. The van der Waals surface area contributed by atoms with Gasteiger partial charge >= 0.3 is 0 Å². The van der Waals surface area contributed by atoms with E-state index in [-0.39, 0.29) is 12.5 Å². The number of fused-ring (bicyclic) bond motifs is 1. The first-order chi connectivity index (χ1) is 15.1. The van der Waals surface area contributed by atoms with Gasteiger partial charge < -0.3 is 24.1 Å². The second-order valence-corrected chi connectivity index (χ2v) is 6.85. The van der Waals surface area contributed by atoms with Gasteiger partial charge in [-0.05, 0) is 49.4 Å². The van der Waals surface area contributed by atoms with E-state index in [1.165, 1.54) is 0 Å². The number of aryl methyl sites for hydroxylation is 1. The smallest absolute Gasteiger partial charge is 0.263 e. The number of benzene rings is 2. The van der Waals surface area contributed by atoms with E-state index in [1.807, 2.05) is 12.1 Å². The van der Waals surface area contributed by atoms with Crippen LogP contribution in [0.4, 0.5) is 5.82 Å². The fraction of sp³-hybridized carbons (Fsp3) is 0.217. The maximum Gasteiger partial charge on any atom is 0.263 e. The van der Waals surface area contributed by atoms with Gasteiger partial charge in [0.05, 0.1) is 31.1 Å². The summed E-state index contributed by atoms with van der Waals surface area (Å²) < 4.78 is 18.3. The van der Waals surface area contributed by atoms with Crippen molar-refractivity contribution in [1.29, 1.82) is 0 Å². The number of amides is 1. The molecular formula is C23H24N4O4. The first kappa shape index (κ1) is 20.3. The summed E-state index contributed by atoms with van der Waals surface area (Å²) in [6.07, 6.45) is 0. The molecule has 0 radical (unpaired) electrons. The Morgan fingerprint density at radius 2 is 1.84 bits per heavy atom. The first-order valence-corrected chi connectivity index (χ1v) is 9.91. The molecule has 2 heterocycles. The maximum absolute atomic E-state index is 12.3. The number of carbonyl (C=O) groups excluding carboxylic acids is 1. The Kier molecular flexibility index (Phi) is 5.79. The van der Waals surface area contributed by atoms with Crippen molar-refractivity contribution in [2.24, 2.45) is 0 Å². The number of hydrogen-bond acceptors (Lipinski definition) is 5. The Hall–Kier alpha value is -3.94. The summed E-state index contributed by atoms with van der Waals surface area (Å²) in [5.41, 5.74) is 2.83. The number of hydrogen-bond donors (Lipinski definition) is 2. The number of nitrogens with zero attached hydrogens (tertiary/aromatic N) is 2. The number of carbonyl (C=O) groups is 1. The molecule has 8 nitrogen and oxygen atoms in total. The third kappa shape index (κ3) is 4.18. The van der Waals surface area contributed by atoms with E-state index in [0.29, 0.717) is 11.6 Å². The van der Waals surface area contributed by atoms with Crippen molar-refractivity contribution in [1.82, 2.24) is 14.8 Å². The highest BCUT2D eigenvalue weighted by atomic mass is 16.5. The summed E-state index contributed by atoms with van der Waals surface area (Å²) in [4.78, 5) is 12.3. The number of ether oxygens (including phenoxy) is 3. The van der Waals surface area contributed by atoms with Crippen LogP contribution in [0.15, 0.2) is 54.6 Å². The lowest BCUT2D eigenvalue weighted by molar-refractivity contribution is -0.118. The van der Waals surface area contributed by atoms with Crippen molar-refractivity contribution in [3.8, 4) is 28.6 Å². The van der Waals surface area contributed by atoms with Gasteiger partial charge in [-0.1, -0.05) is 6.07 Å². The Balaban J connectivity index is 1.47. The lowest BCUT2D eigenvalue weighted by Crippen LogP contribution is -2.20. The fourth-order valence-electron chi connectivity index (χ4n) is 3.52. The molecule has 4 rings (SSSR count). The predicted molar refractivity (Wildman–Crippen MR) is 119 cm³/mol. The molecule has 2 N–H and O–H groups in total. The summed E-state index contributed by atoms with van der Waals surface area (Å²) in [6, 6.07) is 16.9. The molecule has 0 aliphatic carbocycles. The van der Waals surface area contributed by atoms with Gasteiger partial charge in [0.2, 0.25) is 0 Å². The monoisotopic (exact) mass is 420 g/mol. The number of H-pyrrole nitrogens is 1. The highest BCUT2D eigenvalue weighted by molar-refractivity contribution is 5.93. The van der Waals surface area contributed by atoms with Crippen LogP contribution in [0.2, 0.25) is 0 Å². The van der Waals surface area contributed by atoms with Crippen molar-refractivity contribution in [2.45, 2.75) is 13.5 Å². The highest BCUT2D eigenvalue weighted by Crippen LogP contribution is 2.33. The minimum atomic E-state index is -0.299. The average molecular weight is 420 g/mol. The molecule has 0 bridgehead atoms. The molecule has 4 aromatic rings. The molecule has 0 atom stereocenters. The standard InChI is InChI=1S/C23H24N4O4/c1-4-27-19-6-5-7-21(30-3)17(19)12-20(27)18-13-22(26-25-18)24-23(28)14-31-16-10-8-15(29-2)9-11-16/h5-13H,4,14H2,1-3H3,(H2,24,25,26,28). The van der Waals surface area contributed by atoms with Crippen molar-refractivity contribution in [3.05, 3.63) is 54.6 Å². The second-order valence-electron chi connectivity index (χ2n) is 6.85. The van der Waals surface area contributed by atoms with Crippen molar-refractivity contribution in [2.75, 3.05) is 26.1 Å². The predicted octanol–water partition coefficient (Wildman–Crippen LogP) is 4.09. The summed E-state index contributed by atoms with van der Waals surface area (Å²) in [7, 11) is 3.26. The second kappa shape index (κ2) is 8.83. The zero-order valence-electron chi connectivity index (χ0n) is 17.6. The van der Waals surface area contributed by atoms with Crippen LogP contribution in [0.25, 0.3) is 22.3 Å². The quantitative estimate of drug-likeness (QED) is 0.448. The number of rotatable bonds is 8. The van der Waals surface area contributed by atoms with E-state index in [4.69, 9.17) is 14.2 Å². The summed E-state index contributed by atoms with van der Waals surface area (Å²) in [5, 5.41) is 11.0. The molecule has 0 spiro atoms. The lowest BCUT2D eigenvalue weighted by Gasteiger charge is -2.07. The van der Waals surface area contributed by atoms with Gasteiger partial charge in [-0.2, -0.15) is 5.10 Å². The number of anilines is 1. The van der Waals surface area contributed by atoms with Crippen LogP contribution < -0.4 is 19.5 Å². The van der Waals surface area contributed by atoms with Crippen LogP contribution in [0.3, 0.4) is 0 Å². The fourth-order valence-corrected chi connectivity index (χ4v) is 3.52. The lowest BCUT2D eigenvalue weighted by atomic mass is 10.2. The number of aromatic amines is 1. The molecule has 1 amide bonds. The molecule has 8 heteroatoms. The SMILES string of the molecule is CCn1c(-c2cc(NC(=O)COc3ccc(OC)cc3)n[nH]2)cc2c(OC)cccc21. The van der Waals surface area contributed by atoms with E-state index in [0.717, 1.165) is 40.3 Å². The van der Waals surface area contributed by atoms with Gasteiger partial charge in [-0.15, -0.1) is 0 Å². The summed E-state index contributed by atoms with van der Waals surface area (Å²) in [6.45, 7) is 2.74. The third-order valence-corrected chi connectivity index (χ3v) is 4.99. The van der Waals surface area contributed by atoms with Gasteiger partial charge in [0.15, 0.2) is 12.4 Å². The molecule has 0 saturated heterocycles. The molecule has 0 unspecified atom stereocenters. The van der Waals surface area contributed by atoms with Crippen LogP contribution in [-0.4, -0.2) is 41.5 Å².